The van der Waals surface area contributed by atoms with E-state index in [4.69, 9.17) is 4.74 Å². The maximum Gasteiger partial charge on any atom is 0.431 e. The first-order valence-electron chi connectivity index (χ1n) is 8.92. The Morgan fingerprint density at radius 3 is 2.83 bits per heavy atom. The van der Waals surface area contributed by atoms with E-state index in [0.717, 1.165) is 16.8 Å². The van der Waals surface area contributed by atoms with Gasteiger partial charge in [0.1, 0.15) is 35.6 Å². The topological polar surface area (TPSA) is 76.5 Å². The van der Waals surface area contributed by atoms with Gasteiger partial charge in [0, 0.05) is 19.7 Å². The number of hydrogen-bond donors (Lipinski definition) is 1. The van der Waals surface area contributed by atoms with Gasteiger partial charge in [-0.15, -0.1) is 0 Å². The fourth-order valence-corrected chi connectivity index (χ4v) is 3.39. The van der Waals surface area contributed by atoms with Gasteiger partial charge in [0.2, 0.25) is 0 Å². The van der Waals surface area contributed by atoms with Crippen molar-refractivity contribution < 1.29 is 27.5 Å². The molecule has 1 N–H and O–H groups in total. The molecule has 2 amide bonds. The number of aromatic nitrogens is 2. The number of imidazole rings is 1. The van der Waals surface area contributed by atoms with Gasteiger partial charge >= 0.3 is 6.18 Å². The average molecular weight is 406 g/mol. The van der Waals surface area contributed by atoms with Crippen molar-refractivity contribution in [3.8, 4) is 5.75 Å². The zero-order valence-electron chi connectivity index (χ0n) is 15.4. The van der Waals surface area contributed by atoms with Crippen molar-refractivity contribution in [3.05, 3.63) is 48.1 Å². The summed E-state index contributed by atoms with van der Waals surface area (Å²) in [6, 6.07) is 5.93. The fraction of sp³-hybridized carbons (Fsp3) is 0.316. The first-order valence-corrected chi connectivity index (χ1v) is 8.92. The van der Waals surface area contributed by atoms with Gasteiger partial charge in [-0.2, -0.15) is 13.2 Å². The van der Waals surface area contributed by atoms with Crippen LogP contribution in [-0.2, 0) is 11.2 Å². The van der Waals surface area contributed by atoms with E-state index in [1.807, 2.05) is 0 Å². The molecule has 1 aromatic heterocycles. The third-order valence-corrected chi connectivity index (χ3v) is 4.83. The van der Waals surface area contributed by atoms with Gasteiger partial charge in [-0.05, 0) is 18.6 Å². The number of halogens is 3. The summed E-state index contributed by atoms with van der Waals surface area (Å²) in [6.45, 7) is -0.104. The number of benzene rings is 1. The highest BCUT2D eigenvalue weighted by atomic mass is 19.4. The first-order chi connectivity index (χ1) is 13.8. The van der Waals surface area contributed by atoms with E-state index < -0.39 is 29.7 Å². The number of hydrogen-bond acceptors (Lipinski definition) is 4. The van der Waals surface area contributed by atoms with E-state index in [-0.39, 0.29) is 31.0 Å². The van der Waals surface area contributed by atoms with Crippen molar-refractivity contribution in [1.82, 2.24) is 14.9 Å². The van der Waals surface area contributed by atoms with Gasteiger partial charge in [-0.25, -0.2) is 4.98 Å². The van der Waals surface area contributed by atoms with E-state index in [2.05, 4.69) is 10.3 Å². The zero-order valence-corrected chi connectivity index (χ0v) is 15.4. The van der Waals surface area contributed by atoms with Crippen molar-refractivity contribution in [1.29, 1.82) is 0 Å². The van der Waals surface area contributed by atoms with Gasteiger partial charge in [0.25, 0.3) is 11.8 Å². The minimum atomic E-state index is -4.55. The number of allylic oxidation sites excluding steroid dienone is 2. The molecule has 2 aromatic rings. The van der Waals surface area contributed by atoms with Gasteiger partial charge < -0.3 is 15.0 Å². The highest BCUT2D eigenvalue weighted by molar-refractivity contribution is 6.02. The molecule has 4 rings (SSSR count). The van der Waals surface area contributed by atoms with E-state index in [0.29, 0.717) is 11.4 Å². The van der Waals surface area contributed by atoms with Crippen LogP contribution in [0, 0.1) is 0 Å². The van der Waals surface area contributed by atoms with E-state index >= 15 is 0 Å². The number of aryl methyl sites for hydroxylation is 1. The van der Waals surface area contributed by atoms with Crippen LogP contribution in [0.1, 0.15) is 22.7 Å². The molecule has 3 heterocycles. The third-order valence-electron chi connectivity index (χ3n) is 4.83. The molecule has 0 bridgehead atoms. The van der Waals surface area contributed by atoms with Gasteiger partial charge in [-0.3, -0.25) is 14.2 Å². The van der Waals surface area contributed by atoms with Crippen LogP contribution in [-0.4, -0.2) is 47.2 Å². The number of carbonyl (C=O) groups is 2. The highest BCUT2D eigenvalue weighted by Crippen LogP contribution is 2.34. The molecule has 29 heavy (non-hydrogen) atoms. The standard InChI is InChI=1S/C19H17F3N4O3/c1-25-13-5-2-3-6-14(13)29-10-12(18(25)28)24-17(27)11-9-26-15(19(20,21)22)7-4-8-16(26)23-11/h2-3,5-7,9,12H,4,8,10H2,1H3,(H,24,27)/t12-/m0/s1. The van der Waals surface area contributed by atoms with Crippen LogP contribution < -0.4 is 15.0 Å². The fourth-order valence-electron chi connectivity index (χ4n) is 3.39. The van der Waals surface area contributed by atoms with Crippen molar-refractivity contribution in [2.24, 2.45) is 0 Å². The molecular weight excluding hydrogens is 389 g/mol. The number of ether oxygens (including phenoxy) is 1. The van der Waals surface area contributed by atoms with Crippen molar-refractivity contribution in [2.45, 2.75) is 25.1 Å². The second-order valence-electron chi connectivity index (χ2n) is 6.74. The largest absolute Gasteiger partial charge is 0.489 e. The lowest BCUT2D eigenvalue weighted by Crippen LogP contribution is -2.49. The monoisotopic (exact) mass is 406 g/mol. The van der Waals surface area contributed by atoms with E-state index in [9.17, 15) is 22.8 Å². The van der Waals surface area contributed by atoms with Gasteiger partial charge in [0.15, 0.2) is 0 Å². The Balaban J connectivity index is 1.55. The molecule has 0 unspecified atom stereocenters. The minimum absolute atomic E-state index is 0.104. The lowest BCUT2D eigenvalue weighted by atomic mass is 10.2. The molecule has 1 aromatic carbocycles. The molecule has 0 aliphatic carbocycles. The summed E-state index contributed by atoms with van der Waals surface area (Å²) in [4.78, 5) is 30.7. The molecule has 0 radical (unpaired) electrons. The molecule has 0 saturated carbocycles. The van der Waals surface area contributed by atoms with Gasteiger partial charge in [0.05, 0.1) is 5.69 Å². The lowest BCUT2D eigenvalue weighted by Gasteiger charge is -2.20. The van der Waals surface area contributed by atoms with Crippen LogP contribution in [0.3, 0.4) is 0 Å². The Morgan fingerprint density at radius 2 is 2.07 bits per heavy atom. The SMILES string of the molecule is CN1C(=O)[C@@H](NC(=O)c2cn3c(n2)CCC=C3C(F)(F)F)COc2ccccc21. The quantitative estimate of drug-likeness (QED) is 0.831. The Kier molecular flexibility index (Phi) is 4.56. The summed E-state index contributed by atoms with van der Waals surface area (Å²) >= 11 is 0. The number of likely N-dealkylation sites (N-methyl/N-ethyl adjacent to an activating group) is 1. The maximum atomic E-state index is 13.2. The second kappa shape index (κ2) is 6.94. The highest BCUT2D eigenvalue weighted by Gasteiger charge is 2.38. The first kappa shape index (κ1) is 19.0. The Labute approximate surface area is 163 Å². The predicted octanol–water partition coefficient (Wildman–Crippen LogP) is 2.39. The Hall–Kier alpha value is -3.30. The smallest absolute Gasteiger partial charge is 0.431 e. The number of rotatable bonds is 2. The second-order valence-corrected chi connectivity index (χ2v) is 6.74. The molecule has 0 spiro atoms. The van der Waals surface area contributed by atoms with Crippen molar-refractivity contribution in [2.75, 3.05) is 18.6 Å². The van der Waals surface area contributed by atoms with Crippen molar-refractivity contribution in [3.63, 3.8) is 0 Å². The summed E-state index contributed by atoms with van der Waals surface area (Å²) < 4.78 is 46.1. The molecular formula is C19H17F3N4O3. The summed E-state index contributed by atoms with van der Waals surface area (Å²) in [5.41, 5.74) is -0.490. The molecule has 1 atom stereocenters. The average Bonchev–Trinajstić information content (AvgIpc) is 3.09. The van der Waals surface area contributed by atoms with Crippen molar-refractivity contribution >= 4 is 23.2 Å². The van der Waals surface area contributed by atoms with Crippen LogP contribution in [0.25, 0.3) is 5.70 Å². The van der Waals surface area contributed by atoms with Crippen LogP contribution in [0.5, 0.6) is 5.75 Å². The molecule has 10 heteroatoms. The number of nitrogens with one attached hydrogen (secondary N) is 1. The summed E-state index contributed by atoms with van der Waals surface area (Å²) in [6.07, 6.45) is -1.96. The number of alkyl halides is 3. The van der Waals surface area contributed by atoms with Crippen LogP contribution in [0.15, 0.2) is 36.5 Å². The summed E-state index contributed by atoms with van der Waals surface area (Å²) in [7, 11) is 1.56. The minimum Gasteiger partial charge on any atom is -0.489 e. The lowest BCUT2D eigenvalue weighted by molar-refractivity contribution is -0.120. The molecule has 7 nitrogen and oxygen atoms in total. The molecule has 152 valence electrons. The van der Waals surface area contributed by atoms with E-state index in [1.165, 1.54) is 4.90 Å². The van der Waals surface area contributed by atoms with Gasteiger partial charge in [-0.1, -0.05) is 18.2 Å². The summed E-state index contributed by atoms with van der Waals surface area (Å²) in [5.74, 6) is -0.492. The predicted molar refractivity (Wildman–Crippen MR) is 97.5 cm³/mol. The Morgan fingerprint density at radius 1 is 1.31 bits per heavy atom. The maximum absolute atomic E-state index is 13.2. The number of fused-ring (bicyclic) bond motifs is 2. The van der Waals surface area contributed by atoms with Crippen LogP contribution in [0.2, 0.25) is 0 Å². The molecule has 2 aliphatic rings. The third kappa shape index (κ3) is 3.45. The number of anilines is 1. The summed E-state index contributed by atoms with van der Waals surface area (Å²) in [5, 5.41) is 2.52. The van der Waals surface area contributed by atoms with E-state index in [1.54, 1.807) is 31.3 Å². The molecule has 2 aliphatic heterocycles. The normalized spacial score (nSPS) is 18.9. The molecule has 0 fully saturated rings. The number of nitrogens with zero attached hydrogens (tertiary/aromatic N) is 3. The van der Waals surface area contributed by atoms with Crippen LogP contribution >= 0.6 is 0 Å². The number of carbonyl (C=O) groups excluding carboxylic acids is 2. The van der Waals surface area contributed by atoms with Crippen LogP contribution in [0.4, 0.5) is 18.9 Å². The zero-order chi connectivity index (χ0) is 20.8. The molecule has 0 saturated heterocycles. The number of amides is 2. The Bertz CT molecular complexity index is 1010. The number of para-hydroxylation sites is 2.